The monoisotopic (exact) mass is 350 g/mol. The van der Waals surface area contributed by atoms with Crippen LogP contribution < -0.4 is 10.2 Å². The number of piperazine rings is 1. The molecule has 0 bridgehead atoms. The highest BCUT2D eigenvalue weighted by molar-refractivity contribution is 5.94. The summed E-state index contributed by atoms with van der Waals surface area (Å²) in [6.45, 7) is 5.89. The van der Waals surface area contributed by atoms with Gasteiger partial charge in [0.1, 0.15) is 0 Å². The van der Waals surface area contributed by atoms with Crippen LogP contribution in [-0.4, -0.2) is 74.9 Å². The summed E-state index contributed by atoms with van der Waals surface area (Å²) >= 11 is 0. The SMILES string of the molecule is CCOC(=O)N1CCN(c2cncc(C(=O)NCCCOC)c2)CC1. The Balaban J connectivity index is 1.89. The molecule has 2 heterocycles. The Labute approximate surface area is 148 Å². The first-order valence-electron chi connectivity index (χ1n) is 8.54. The zero-order valence-corrected chi connectivity index (χ0v) is 14.9. The Morgan fingerprint density at radius 2 is 2.00 bits per heavy atom. The van der Waals surface area contributed by atoms with E-state index in [1.54, 1.807) is 31.3 Å². The Bertz CT molecular complexity index is 574. The molecule has 2 rings (SSSR count). The van der Waals surface area contributed by atoms with E-state index in [1.807, 2.05) is 6.07 Å². The fourth-order valence-corrected chi connectivity index (χ4v) is 2.61. The normalized spacial score (nSPS) is 14.3. The van der Waals surface area contributed by atoms with Gasteiger partial charge in [0.05, 0.1) is 24.1 Å². The van der Waals surface area contributed by atoms with Gasteiger partial charge in [0, 0.05) is 52.6 Å². The van der Waals surface area contributed by atoms with Crippen molar-refractivity contribution in [1.29, 1.82) is 0 Å². The fraction of sp³-hybridized carbons (Fsp3) is 0.588. The van der Waals surface area contributed by atoms with Crippen LogP contribution >= 0.6 is 0 Å². The van der Waals surface area contributed by atoms with E-state index in [0.29, 0.717) is 51.5 Å². The molecule has 1 aliphatic rings. The second kappa shape index (κ2) is 9.83. The number of carbonyl (C=O) groups excluding carboxylic acids is 2. The average Bonchev–Trinajstić information content (AvgIpc) is 2.65. The Hall–Kier alpha value is -2.35. The number of pyridine rings is 1. The van der Waals surface area contributed by atoms with Gasteiger partial charge in [-0.05, 0) is 19.4 Å². The molecule has 25 heavy (non-hydrogen) atoms. The predicted molar refractivity (Wildman–Crippen MR) is 93.9 cm³/mol. The van der Waals surface area contributed by atoms with Gasteiger partial charge in [0.25, 0.3) is 5.91 Å². The van der Waals surface area contributed by atoms with Crippen LogP contribution in [-0.2, 0) is 9.47 Å². The van der Waals surface area contributed by atoms with Crippen molar-refractivity contribution in [2.75, 3.05) is 57.9 Å². The minimum atomic E-state index is -0.274. The smallest absolute Gasteiger partial charge is 0.409 e. The molecule has 1 fully saturated rings. The summed E-state index contributed by atoms with van der Waals surface area (Å²) in [6, 6.07) is 1.83. The van der Waals surface area contributed by atoms with E-state index in [4.69, 9.17) is 9.47 Å². The van der Waals surface area contributed by atoms with Crippen LogP contribution in [0.25, 0.3) is 0 Å². The third-order valence-electron chi connectivity index (χ3n) is 3.97. The lowest BCUT2D eigenvalue weighted by molar-refractivity contribution is 0.0948. The zero-order chi connectivity index (χ0) is 18.1. The van der Waals surface area contributed by atoms with Crippen molar-refractivity contribution in [2.45, 2.75) is 13.3 Å². The quantitative estimate of drug-likeness (QED) is 0.742. The molecule has 138 valence electrons. The molecule has 1 aromatic rings. The minimum Gasteiger partial charge on any atom is -0.450 e. The summed E-state index contributed by atoms with van der Waals surface area (Å²) in [4.78, 5) is 31.9. The largest absolute Gasteiger partial charge is 0.450 e. The standard InChI is InChI=1S/C17H26N4O4/c1-3-25-17(23)21-8-6-20(7-9-21)15-11-14(12-18-13-15)16(22)19-5-4-10-24-2/h11-13H,3-10H2,1-2H3,(H,19,22). The number of methoxy groups -OCH3 is 1. The summed E-state index contributed by atoms with van der Waals surface area (Å²) in [5, 5.41) is 2.85. The van der Waals surface area contributed by atoms with Crippen molar-refractivity contribution in [3.63, 3.8) is 0 Å². The first-order valence-corrected chi connectivity index (χ1v) is 8.54. The number of hydrogen-bond donors (Lipinski definition) is 1. The van der Waals surface area contributed by atoms with Gasteiger partial charge >= 0.3 is 6.09 Å². The number of rotatable bonds is 7. The average molecular weight is 350 g/mol. The van der Waals surface area contributed by atoms with Crippen molar-refractivity contribution >= 4 is 17.7 Å². The van der Waals surface area contributed by atoms with E-state index in [0.717, 1.165) is 12.1 Å². The van der Waals surface area contributed by atoms with Crippen molar-refractivity contribution in [1.82, 2.24) is 15.2 Å². The van der Waals surface area contributed by atoms with Gasteiger partial charge in [-0.3, -0.25) is 9.78 Å². The molecule has 0 aromatic carbocycles. The molecule has 0 saturated carbocycles. The van der Waals surface area contributed by atoms with Crippen molar-refractivity contribution < 1.29 is 19.1 Å². The molecule has 0 unspecified atom stereocenters. The number of amides is 2. The second-order valence-corrected chi connectivity index (χ2v) is 5.71. The molecule has 1 aromatic heterocycles. The minimum absolute atomic E-state index is 0.143. The number of nitrogens with one attached hydrogen (secondary N) is 1. The maximum atomic E-state index is 12.2. The van der Waals surface area contributed by atoms with Crippen LogP contribution in [0, 0.1) is 0 Å². The van der Waals surface area contributed by atoms with E-state index in [2.05, 4.69) is 15.2 Å². The molecule has 8 heteroatoms. The fourth-order valence-electron chi connectivity index (χ4n) is 2.61. The van der Waals surface area contributed by atoms with E-state index in [-0.39, 0.29) is 12.0 Å². The number of ether oxygens (including phenoxy) is 2. The number of anilines is 1. The molecule has 1 N–H and O–H groups in total. The summed E-state index contributed by atoms with van der Waals surface area (Å²) < 4.78 is 9.98. The topological polar surface area (TPSA) is 84.0 Å². The number of aromatic nitrogens is 1. The van der Waals surface area contributed by atoms with Crippen LogP contribution in [0.5, 0.6) is 0 Å². The number of nitrogens with zero attached hydrogens (tertiary/aromatic N) is 3. The van der Waals surface area contributed by atoms with E-state index in [1.165, 1.54) is 0 Å². The van der Waals surface area contributed by atoms with Crippen LogP contribution in [0.2, 0.25) is 0 Å². The number of carbonyl (C=O) groups is 2. The highest BCUT2D eigenvalue weighted by Gasteiger charge is 2.22. The summed E-state index contributed by atoms with van der Waals surface area (Å²) in [6.07, 6.45) is 3.79. The van der Waals surface area contributed by atoms with Gasteiger partial charge in [-0.2, -0.15) is 0 Å². The Morgan fingerprint density at radius 3 is 2.68 bits per heavy atom. The van der Waals surface area contributed by atoms with Gasteiger partial charge in [-0.25, -0.2) is 4.79 Å². The van der Waals surface area contributed by atoms with Crippen LogP contribution in [0.1, 0.15) is 23.7 Å². The summed E-state index contributed by atoms with van der Waals surface area (Å²) in [5.41, 5.74) is 1.41. The van der Waals surface area contributed by atoms with Gasteiger partial charge < -0.3 is 24.6 Å². The van der Waals surface area contributed by atoms with Crippen molar-refractivity contribution in [3.8, 4) is 0 Å². The molecule has 0 spiro atoms. The van der Waals surface area contributed by atoms with Crippen molar-refractivity contribution in [3.05, 3.63) is 24.0 Å². The molecule has 1 aliphatic heterocycles. The van der Waals surface area contributed by atoms with Gasteiger partial charge in [0.15, 0.2) is 0 Å². The lowest BCUT2D eigenvalue weighted by atomic mass is 10.2. The first-order chi connectivity index (χ1) is 12.2. The van der Waals surface area contributed by atoms with Gasteiger partial charge in [-0.1, -0.05) is 0 Å². The lowest BCUT2D eigenvalue weighted by Crippen LogP contribution is -2.49. The molecule has 8 nitrogen and oxygen atoms in total. The van der Waals surface area contributed by atoms with Crippen LogP contribution in [0.4, 0.5) is 10.5 Å². The zero-order valence-electron chi connectivity index (χ0n) is 14.9. The predicted octanol–water partition coefficient (Wildman–Crippen LogP) is 1.13. The Morgan fingerprint density at radius 1 is 1.24 bits per heavy atom. The van der Waals surface area contributed by atoms with E-state index < -0.39 is 0 Å². The highest BCUT2D eigenvalue weighted by Crippen LogP contribution is 2.17. The van der Waals surface area contributed by atoms with E-state index >= 15 is 0 Å². The maximum absolute atomic E-state index is 12.2. The number of hydrogen-bond acceptors (Lipinski definition) is 6. The molecule has 2 amide bonds. The molecule has 0 radical (unpaired) electrons. The van der Waals surface area contributed by atoms with Crippen molar-refractivity contribution in [2.24, 2.45) is 0 Å². The highest BCUT2D eigenvalue weighted by atomic mass is 16.6. The molecule has 0 aliphatic carbocycles. The van der Waals surface area contributed by atoms with Crippen LogP contribution in [0.15, 0.2) is 18.5 Å². The van der Waals surface area contributed by atoms with E-state index in [9.17, 15) is 9.59 Å². The van der Waals surface area contributed by atoms with Crippen LogP contribution in [0.3, 0.4) is 0 Å². The summed E-state index contributed by atoms with van der Waals surface area (Å²) in [5.74, 6) is -0.143. The third-order valence-corrected chi connectivity index (χ3v) is 3.97. The molecule has 0 atom stereocenters. The maximum Gasteiger partial charge on any atom is 0.409 e. The lowest BCUT2D eigenvalue weighted by Gasteiger charge is -2.35. The first kappa shape index (κ1) is 19.0. The van der Waals surface area contributed by atoms with Gasteiger partial charge in [0.2, 0.25) is 0 Å². The summed E-state index contributed by atoms with van der Waals surface area (Å²) in [7, 11) is 1.64. The van der Waals surface area contributed by atoms with Gasteiger partial charge in [-0.15, -0.1) is 0 Å². The third kappa shape index (κ3) is 5.60. The molecular formula is C17H26N4O4. The Kier molecular flexibility index (Phi) is 7.46. The molecule has 1 saturated heterocycles. The molecular weight excluding hydrogens is 324 g/mol. The second-order valence-electron chi connectivity index (χ2n) is 5.71.